The number of hydrogen-bond donors (Lipinski definition) is 1. The van der Waals surface area contributed by atoms with E-state index in [0.717, 1.165) is 35.7 Å². The van der Waals surface area contributed by atoms with Crippen molar-refractivity contribution in [3.63, 3.8) is 0 Å². The van der Waals surface area contributed by atoms with Crippen LogP contribution in [0, 0.1) is 5.82 Å². The first-order valence-corrected chi connectivity index (χ1v) is 9.98. The monoisotopic (exact) mass is 398 g/mol. The summed E-state index contributed by atoms with van der Waals surface area (Å²) in [5, 5.41) is 11.3. The van der Waals surface area contributed by atoms with Crippen molar-refractivity contribution >= 4 is 28.1 Å². The van der Waals surface area contributed by atoms with Crippen molar-refractivity contribution in [2.45, 2.75) is 25.9 Å². The Kier molecular flexibility index (Phi) is 5.54. The van der Waals surface area contributed by atoms with Gasteiger partial charge in [-0.3, -0.25) is 0 Å². The molecule has 0 spiro atoms. The van der Waals surface area contributed by atoms with E-state index in [1.54, 1.807) is 12.1 Å². The SMILES string of the molecule is CN1CCc2c(c3cc(Cl)ccc3n2C/C(=C\CCO)c2ccc(F)cc2)C1. The summed E-state index contributed by atoms with van der Waals surface area (Å²) in [5.41, 5.74) is 5.91. The highest BCUT2D eigenvalue weighted by Gasteiger charge is 2.23. The van der Waals surface area contributed by atoms with Gasteiger partial charge in [-0.1, -0.05) is 29.8 Å². The van der Waals surface area contributed by atoms with E-state index in [1.165, 1.54) is 34.3 Å². The lowest BCUT2D eigenvalue weighted by Gasteiger charge is -2.24. The highest BCUT2D eigenvalue weighted by molar-refractivity contribution is 6.31. The van der Waals surface area contributed by atoms with Gasteiger partial charge < -0.3 is 14.6 Å². The second kappa shape index (κ2) is 8.08. The molecule has 0 aliphatic carbocycles. The fraction of sp³-hybridized carbons (Fsp3) is 0.304. The summed E-state index contributed by atoms with van der Waals surface area (Å²) in [6, 6.07) is 12.7. The lowest BCUT2D eigenvalue weighted by molar-refractivity contribution is 0.302. The minimum atomic E-state index is -0.244. The lowest BCUT2D eigenvalue weighted by atomic mass is 10.0. The molecule has 28 heavy (non-hydrogen) atoms. The van der Waals surface area contributed by atoms with Crippen molar-refractivity contribution in [1.82, 2.24) is 9.47 Å². The molecule has 2 heterocycles. The predicted octanol–water partition coefficient (Wildman–Crippen LogP) is 4.89. The predicted molar refractivity (Wildman–Crippen MR) is 113 cm³/mol. The topological polar surface area (TPSA) is 28.4 Å². The molecule has 146 valence electrons. The van der Waals surface area contributed by atoms with Gasteiger partial charge in [-0.05, 0) is 60.5 Å². The van der Waals surface area contributed by atoms with Crippen molar-refractivity contribution in [2.75, 3.05) is 20.2 Å². The van der Waals surface area contributed by atoms with Gasteiger partial charge in [0.15, 0.2) is 0 Å². The molecule has 0 atom stereocenters. The maximum absolute atomic E-state index is 13.4. The molecule has 4 rings (SSSR count). The zero-order valence-corrected chi connectivity index (χ0v) is 16.7. The number of nitrogens with zero attached hydrogens (tertiary/aromatic N) is 2. The highest BCUT2D eigenvalue weighted by atomic mass is 35.5. The maximum atomic E-state index is 13.4. The van der Waals surface area contributed by atoms with Crippen molar-refractivity contribution in [3.8, 4) is 0 Å². The number of benzene rings is 2. The average Bonchev–Trinajstić information content (AvgIpc) is 2.98. The number of rotatable bonds is 5. The van der Waals surface area contributed by atoms with E-state index in [1.807, 2.05) is 6.07 Å². The minimum Gasteiger partial charge on any atom is -0.396 e. The van der Waals surface area contributed by atoms with Crippen LogP contribution in [0.3, 0.4) is 0 Å². The van der Waals surface area contributed by atoms with Crippen LogP contribution in [0.15, 0.2) is 48.5 Å². The number of aliphatic hydroxyl groups excluding tert-OH is 1. The number of halogens is 2. The van der Waals surface area contributed by atoms with Gasteiger partial charge in [-0.25, -0.2) is 4.39 Å². The van der Waals surface area contributed by atoms with Crippen LogP contribution >= 0.6 is 11.6 Å². The Labute approximate surface area is 169 Å². The Hall–Kier alpha value is -2.14. The summed E-state index contributed by atoms with van der Waals surface area (Å²) in [5.74, 6) is -0.244. The highest BCUT2D eigenvalue weighted by Crippen LogP contribution is 2.34. The number of aliphatic hydroxyl groups is 1. The third kappa shape index (κ3) is 3.72. The largest absolute Gasteiger partial charge is 0.396 e. The van der Waals surface area contributed by atoms with Crippen LogP contribution in [-0.2, 0) is 19.5 Å². The quantitative estimate of drug-likeness (QED) is 0.663. The van der Waals surface area contributed by atoms with E-state index < -0.39 is 0 Å². The normalized spacial score (nSPS) is 15.2. The molecule has 2 aromatic carbocycles. The molecule has 3 nitrogen and oxygen atoms in total. The van der Waals surface area contributed by atoms with E-state index in [2.05, 4.69) is 34.7 Å². The van der Waals surface area contributed by atoms with Gasteiger partial charge in [0.2, 0.25) is 0 Å². The van der Waals surface area contributed by atoms with Gasteiger partial charge in [0, 0.05) is 54.3 Å². The molecule has 0 fully saturated rings. The Balaban J connectivity index is 1.82. The van der Waals surface area contributed by atoms with Crippen LogP contribution in [0.5, 0.6) is 0 Å². The standard InChI is InChI=1S/C23H24ClFN2O/c1-26-11-10-23-21(15-26)20-13-18(24)6-9-22(20)27(23)14-17(3-2-12-28)16-4-7-19(25)8-5-16/h3-9,13,28H,2,10-12,14-15H2,1H3/b17-3+. The van der Waals surface area contributed by atoms with Crippen LogP contribution in [0.2, 0.25) is 5.02 Å². The van der Waals surface area contributed by atoms with Crippen LogP contribution in [-0.4, -0.2) is 34.8 Å². The van der Waals surface area contributed by atoms with Crippen molar-refractivity contribution in [2.24, 2.45) is 0 Å². The van der Waals surface area contributed by atoms with Gasteiger partial charge in [0.1, 0.15) is 5.82 Å². The maximum Gasteiger partial charge on any atom is 0.123 e. The molecule has 0 bridgehead atoms. The van der Waals surface area contributed by atoms with Crippen LogP contribution in [0.1, 0.15) is 23.2 Å². The molecule has 0 radical (unpaired) electrons. The number of fused-ring (bicyclic) bond motifs is 3. The molecule has 0 saturated carbocycles. The first kappa shape index (κ1) is 19.2. The first-order valence-electron chi connectivity index (χ1n) is 9.60. The molecule has 1 aliphatic heterocycles. The number of hydrogen-bond acceptors (Lipinski definition) is 2. The lowest BCUT2D eigenvalue weighted by Crippen LogP contribution is -2.27. The molecule has 0 amide bonds. The third-order valence-corrected chi connectivity index (χ3v) is 5.71. The number of allylic oxidation sites excluding steroid dienone is 1. The fourth-order valence-corrected chi connectivity index (χ4v) is 4.26. The molecule has 3 aromatic rings. The zero-order valence-electron chi connectivity index (χ0n) is 16.0. The molecule has 0 saturated heterocycles. The van der Waals surface area contributed by atoms with E-state index in [-0.39, 0.29) is 12.4 Å². The van der Waals surface area contributed by atoms with Crippen molar-refractivity contribution in [3.05, 3.63) is 76.2 Å². The average molecular weight is 399 g/mol. The summed E-state index contributed by atoms with van der Waals surface area (Å²) in [4.78, 5) is 2.33. The minimum absolute atomic E-state index is 0.0929. The summed E-state index contributed by atoms with van der Waals surface area (Å²) in [6.45, 7) is 2.70. The number of likely N-dealkylation sites (N-methyl/N-ethyl adjacent to an activating group) is 1. The Bertz CT molecular complexity index is 1020. The summed E-state index contributed by atoms with van der Waals surface area (Å²) in [6.07, 6.45) is 3.60. The smallest absolute Gasteiger partial charge is 0.123 e. The second-order valence-electron chi connectivity index (χ2n) is 7.41. The van der Waals surface area contributed by atoms with Crippen LogP contribution in [0.25, 0.3) is 16.5 Å². The Morgan fingerprint density at radius 3 is 2.75 bits per heavy atom. The van der Waals surface area contributed by atoms with Gasteiger partial charge in [-0.2, -0.15) is 0 Å². The Morgan fingerprint density at radius 1 is 1.21 bits per heavy atom. The molecule has 1 aromatic heterocycles. The van der Waals surface area contributed by atoms with Crippen molar-refractivity contribution < 1.29 is 9.50 Å². The second-order valence-corrected chi connectivity index (χ2v) is 7.85. The van der Waals surface area contributed by atoms with Gasteiger partial charge in [-0.15, -0.1) is 0 Å². The van der Waals surface area contributed by atoms with E-state index >= 15 is 0 Å². The van der Waals surface area contributed by atoms with Crippen LogP contribution in [0.4, 0.5) is 4.39 Å². The first-order chi connectivity index (χ1) is 13.6. The molecular weight excluding hydrogens is 375 g/mol. The summed E-state index contributed by atoms with van der Waals surface area (Å²) in [7, 11) is 2.14. The Morgan fingerprint density at radius 2 is 2.00 bits per heavy atom. The fourth-order valence-electron chi connectivity index (χ4n) is 4.08. The van der Waals surface area contributed by atoms with Crippen molar-refractivity contribution in [1.29, 1.82) is 0 Å². The third-order valence-electron chi connectivity index (χ3n) is 5.47. The van der Waals surface area contributed by atoms with Gasteiger partial charge in [0.05, 0.1) is 0 Å². The summed E-state index contributed by atoms with van der Waals surface area (Å²) < 4.78 is 15.8. The molecule has 5 heteroatoms. The van der Waals surface area contributed by atoms with E-state index in [9.17, 15) is 9.50 Å². The van der Waals surface area contributed by atoms with E-state index in [0.29, 0.717) is 13.0 Å². The van der Waals surface area contributed by atoms with Crippen LogP contribution < -0.4 is 0 Å². The van der Waals surface area contributed by atoms with E-state index in [4.69, 9.17) is 11.6 Å². The molecule has 1 N–H and O–H groups in total. The molecular formula is C23H24ClFN2O. The number of aromatic nitrogens is 1. The molecule has 0 unspecified atom stereocenters. The van der Waals surface area contributed by atoms with Gasteiger partial charge in [0.25, 0.3) is 0 Å². The summed E-state index contributed by atoms with van der Waals surface area (Å²) >= 11 is 6.29. The molecule has 1 aliphatic rings. The van der Waals surface area contributed by atoms with Gasteiger partial charge >= 0.3 is 0 Å². The zero-order chi connectivity index (χ0) is 19.7.